The van der Waals surface area contributed by atoms with E-state index in [4.69, 9.17) is 10.5 Å². The van der Waals surface area contributed by atoms with Crippen LogP contribution in [0.2, 0.25) is 0 Å². The van der Waals surface area contributed by atoms with E-state index < -0.39 is 0 Å². The minimum absolute atomic E-state index is 0.221. The van der Waals surface area contributed by atoms with E-state index in [0.29, 0.717) is 13.2 Å². The maximum atomic E-state index is 10.3. The van der Waals surface area contributed by atoms with Gasteiger partial charge in [-0.25, -0.2) is 0 Å². The van der Waals surface area contributed by atoms with Gasteiger partial charge in [-0.05, 0) is 48.6 Å². The average molecular weight is 325 g/mol. The number of hydrogen-bond donors (Lipinski definition) is 2. The van der Waals surface area contributed by atoms with Crippen molar-refractivity contribution < 1.29 is 9.84 Å². The fourth-order valence-corrected chi connectivity index (χ4v) is 3.72. The molecule has 3 rings (SSSR count). The molecule has 1 aliphatic rings. The third kappa shape index (κ3) is 4.16. The SMILES string of the molecule is NC[C@@H](c1ccc(OCc2ccccc2)cc1)C1CCCC[C@@H]1O. The number of ether oxygens (including phenoxy) is 1. The molecule has 2 aromatic carbocycles. The summed E-state index contributed by atoms with van der Waals surface area (Å²) in [5.74, 6) is 1.37. The molecule has 1 aliphatic carbocycles. The van der Waals surface area contributed by atoms with Crippen molar-refractivity contribution in [2.24, 2.45) is 11.7 Å². The molecule has 0 aliphatic heterocycles. The molecule has 24 heavy (non-hydrogen) atoms. The molecule has 0 aromatic heterocycles. The summed E-state index contributed by atoms with van der Waals surface area (Å²) in [5, 5.41) is 10.3. The second kappa shape index (κ2) is 8.32. The van der Waals surface area contributed by atoms with Crippen LogP contribution in [0.5, 0.6) is 5.75 Å². The number of hydrogen-bond acceptors (Lipinski definition) is 3. The van der Waals surface area contributed by atoms with Crippen molar-refractivity contribution in [3.8, 4) is 5.75 Å². The molecule has 0 bridgehead atoms. The highest BCUT2D eigenvalue weighted by atomic mass is 16.5. The maximum absolute atomic E-state index is 10.3. The van der Waals surface area contributed by atoms with Gasteiger partial charge in [0, 0.05) is 5.92 Å². The highest BCUT2D eigenvalue weighted by molar-refractivity contribution is 5.30. The summed E-state index contributed by atoms with van der Waals surface area (Å²) in [7, 11) is 0. The van der Waals surface area contributed by atoms with Crippen LogP contribution in [0.3, 0.4) is 0 Å². The van der Waals surface area contributed by atoms with E-state index in [0.717, 1.165) is 30.6 Å². The Morgan fingerprint density at radius 2 is 1.71 bits per heavy atom. The van der Waals surface area contributed by atoms with Gasteiger partial charge >= 0.3 is 0 Å². The second-order valence-electron chi connectivity index (χ2n) is 6.70. The Kier molecular flexibility index (Phi) is 5.89. The Bertz CT molecular complexity index is 611. The zero-order chi connectivity index (χ0) is 16.8. The summed E-state index contributed by atoms with van der Waals surface area (Å²) < 4.78 is 5.85. The summed E-state index contributed by atoms with van der Waals surface area (Å²) in [4.78, 5) is 0. The molecular weight excluding hydrogens is 298 g/mol. The van der Waals surface area contributed by atoms with Gasteiger partial charge in [0.15, 0.2) is 0 Å². The third-order valence-corrected chi connectivity index (χ3v) is 5.11. The molecule has 0 saturated heterocycles. The summed E-state index contributed by atoms with van der Waals surface area (Å²) in [6.45, 7) is 1.15. The lowest BCUT2D eigenvalue weighted by molar-refractivity contribution is 0.0561. The summed E-state index contributed by atoms with van der Waals surface area (Å²) in [6, 6.07) is 18.4. The lowest BCUT2D eigenvalue weighted by Crippen LogP contribution is -2.33. The quantitative estimate of drug-likeness (QED) is 0.848. The zero-order valence-electron chi connectivity index (χ0n) is 14.1. The summed E-state index contributed by atoms with van der Waals surface area (Å²) >= 11 is 0. The highest BCUT2D eigenvalue weighted by Gasteiger charge is 2.30. The van der Waals surface area contributed by atoms with Crippen molar-refractivity contribution >= 4 is 0 Å². The van der Waals surface area contributed by atoms with Gasteiger partial charge in [-0.2, -0.15) is 0 Å². The standard InChI is InChI=1S/C21H27NO2/c22-14-20(19-8-4-5-9-21(19)23)17-10-12-18(13-11-17)24-15-16-6-2-1-3-7-16/h1-3,6-7,10-13,19-21,23H,4-5,8-9,14-15,22H2/t19?,20-,21-/m0/s1. The summed E-state index contributed by atoms with van der Waals surface area (Å²) in [6.07, 6.45) is 4.06. The van der Waals surface area contributed by atoms with Crippen LogP contribution in [0, 0.1) is 5.92 Å². The highest BCUT2D eigenvalue weighted by Crippen LogP contribution is 2.36. The van der Waals surface area contributed by atoms with Crippen molar-refractivity contribution in [1.29, 1.82) is 0 Å². The van der Waals surface area contributed by atoms with Crippen LogP contribution in [0.15, 0.2) is 54.6 Å². The molecule has 1 fully saturated rings. The van der Waals surface area contributed by atoms with Gasteiger partial charge in [0.05, 0.1) is 6.10 Å². The van der Waals surface area contributed by atoms with E-state index in [-0.39, 0.29) is 17.9 Å². The number of rotatable bonds is 6. The van der Waals surface area contributed by atoms with Gasteiger partial charge in [-0.3, -0.25) is 0 Å². The zero-order valence-corrected chi connectivity index (χ0v) is 14.1. The Morgan fingerprint density at radius 1 is 1.00 bits per heavy atom. The first-order chi connectivity index (χ1) is 11.8. The first-order valence-electron chi connectivity index (χ1n) is 8.92. The van der Waals surface area contributed by atoms with Gasteiger partial charge in [-0.1, -0.05) is 55.3 Å². The van der Waals surface area contributed by atoms with E-state index in [1.54, 1.807) is 0 Å². The molecule has 0 heterocycles. The van der Waals surface area contributed by atoms with Crippen molar-refractivity contribution in [2.45, 2.75) is 44.3 Å². The van der Waals surface area contributed by atoms with E-state index in [9.17, 15) is 5.11 Å². The maximum Gasteiger partial charge on any atom is 0.119 e. The van der Waals surface area contributed by atoms with Crippen molar-refractivity contribution in [3.05, 3.63) is 65.7 Å². The van der Waals surface area contributed by atoms with E-state index in [2.05, 4.69) is 24.3 Å². The molecule has 0 radical (unpaired) electrons. The van der Waals surface area contributed by atoms with Gasteiger partial charge in [-0.15, -0.1) is 0 Å². The van der Waals surface area contributed by atoms with E-state index >= 15 is 0 Å². The molecule has 0 spiro atoms. The van der Waals surface area contributed by atoms with Gasteiger partial charge in [0.25, 0.3) is 0 Å². The smallest absolute Gasteiger partial charge is 0.119 e. The van der Waals surface area contributed by atoms with Crippen molar-refractivity contribution in [1.82, 2.24) is 0 Å². The van der Waals surface area contributed by atoms with Gasteiger partial charge in [0.2, 0.25) is 0 Å². The van der Waals surface area contributed by atoms with Crippen LogP contribution in [-0.2, 0) is 6.61 Å². The normalized spacial score (nSPS) is 22.1. The monoisotopic (exact) mass is 325 g/mol. The number of aliphatic hydroxyl groups is 1. The third-order valence-electron chi connectivity index (χ3n) is 5.11. The molecule has 1 unspecified atom stereocenters. The molecule has 1 saturated carbocycles. The number of benzene rings is 2. The van der Waals surface area contributed by atoms with Crippen LogP contribution in [0.1, 0.15) is 42.7 Å². The average Bonchev–Trinajstić information content (AvgIpc) is 2.64. The van der Waals surface area contributed by atoms with Crippen molar-refractivity contribution in [3.63, 3.8) is 0 Å². The molecular formula is C21H27NO2. The predicted molar refractivity (Wildman–Crippen MR) is 97.0 cm³/mol. The minimum Gasteiger partial charge on any atom is -0.489 e. The van der Waals surface area contributed by atoms with Crippen LogP contribution in [0.25, 0.3) is 0 Å². The second-order valence-corrected chi connectivity index (χ2v) is 6.70. The fraction of sp³-hybridized carbons (Fsp3) is 0.429. The predicted octanol–water partition coefficient (Wildman–Crippen LogP) is 3.86. The first-order valence-corrected chi connectivity index (χ1v) is 8.92. The molecule has 3 nitrogen and oxygen atoms in total. The largest absolute Gasteiger partial charge is 0.489 e. The van der Waals surface area contributed by atoms with Crippen LogP contribution >= 0.6 is 0 Å². The van der Waals surface area contributed by atoms with Crippen LogP contribution in [0.4, 0.5) is 0 Å². The van der Waals surface area contributed by atoms with E-state index in [1.807, 2.05) is 30.3 Å². The Balaban J connectivity index is 1.64. The van der Waals surface area contributed by atoms with Crippen LogP contribution < -0.4 is 10.5 Å². The Labute approximate surface area is 144 Å². The lowest BCUT2D eigenvalue weighted by atomic mass is 9.75. The summed E-state index contributed by atoms with van der Waals surface area (Å²) in [5.41, 5.74) is 8.39. The minimum atomic E-state index is -0.221. The molecule has 0 amide bonds. The van der Waals surface area contributed by atoms with E-state index in [1.165, 1.54) is 12.0 Å². The molecule has 3 N–H and O–H groups in total. The molecule has 3 heteroatoms. The van der Waals surface area contributed by atoms with Crippen LogP contribution in [-0.4, -0.2) is 17.8 Å². The van der Waals surface area contributed by atoms with Crippen molar-refractivity contribution in [2.75, 3.05) is 6.54 Å². The molecule has 128 valence electrons. The number of aliphatic hydroxyl groups excluding tert-OH is 1. The Morgan fingerprint density at radius 3 is 2.38 bits per heavy atom. The lowest BCUT2D eigenvalue weighted by Gasteiger charge is -2.34. The number of nitrogens with two attached hydrogens (primary N) is 1. The molecule has 3 atom stereocenters. The topological polar surface area (TPSA) is 55.5 Å². The molecule has 2 aromatic rings. The van der Waals surface area contributed by atoms with Gasteiger partial charge < -0.3 is 15.6 Å². The first kappa shape index (κ1) is 17.0. The Hall–Kier alpha value is -1.84. The van der Waals surface area contributed by atoms with Gasteiger partial charge in [0.1, 0.15) is 12.4 Å². The fourth-order valence-electron chi connectivity index (χ4n) is 3.72.